The van der Waals surface area contributed by atoms with Crippen molar-refractivity contribution < 1.29 is 0 Å². The summed E-state index contributed by atoms with van der Waals surface area (Å²) in [5.41, 5.74) is 22.2. The number of nitrogens with zero attached hydrogens (tertiary/aromatic N) is 2. The first-order valence-electron chi connectivity index (χ1n) is 23.1. The van der Waals surface area contributed by atoms with E-state index in [2.05, 4.69) is 252 Å². The van der Waals surface area contributed by atoms with Gasteiger partial charge in [-0.3, -0.25) is 4.99 Å². The maximum absolute atomic E-state index is 5.38. The first-order chi connectivity index (χ1) is 31.6. The second-order valence-corrected chi connectivity index (χ2v) is 18.7. The summed E-state index contributed by atoms with van der Waals surface area (Å²) >= 11 is 0. The maximum atomic E-state index is 5.38. The van der Waals surface area contributed by atoms with Gasteiger partial charge in [0.05, 0.1) is 11.2 Å². The molecule has 2 unspecified atom stereocenters. The van der Waals surface area contributed by atoms with Crippen LogP contribution in [0.2, 0.25) is 0 Å². The molecule has 3 aliphatic rings. The van der Waals surface area contributed by atoms with E-state index in [9.17, 15) is 0 Å². The molecule has 8 aromatic carbocycles. The van der Waals surface area contributed by atoms with E-state index in [1.54, 1.807) is 0 Å². The largest absolute Gasteiger partial charge is 0.313 e. The summed E-state index contributed by atoms with van der Waals surface area (Å²) < 4.78 is 2.48. The van der Waals surface area contributed by atoms with Crippen molar-refractivity contribution in [2.24, 2.45) is 10.9 Å². The van der Waals surface area contributed by atoms with Gasteiger partial charge in [-0.05, 0) is 103 Å². The summed E-state index contributed by atoms with van der Waals surface area (Å²) in [7, 11) is 0. The van der Waals surface area contributed by atoms with Crippen LogP contribution in [0.4, 0.5) is 0 Å². The number of aliphatic imine (C=N–C) groups is 1. The molecule has 12 rings (SSSR count). The van der Waals surface area contributed by atoms with Crippen molar-refractivity contribution in [1.82, 2.24) is 4.57 Å². The van der Waals surface area contributed by atoms with Crippen LogP contribution in [0, 0.1) is 26.7 Å². The summed E-state index contributed by atoms with van der Waals surface area (Å²) in [5, 5.41) is 1.30. The second kappa shape index (κ2) is 17.0. The van der Waals surface area contributed by atoms with E-state index in [1.165, 1.54) is 100 Å². The number of allylic oxidation sites excluding steroid dienone is 1. The Morgan fingerprint density at radius 1 is 0.492 bits per heavy atom. The van der Waals surface area contributed by atoms with Gasteiger partial charge in [-0.1, -0.05) is 219 Å². The van der Waals surface area contributed by atoms with E-state index in [0.29, 0.717) is 0 Å². The molecule has 0 fully saturated rings. The highest BCUT2D eigenvalue weighted by Crippen LogP contribution is 2.52. The van der Waals surface area contributed by atoms with Crippen molar-refractivity contribution >= 4 is 22.7 Å². The molecule has 9 aromatic rings. The summed E-state index contributed by atoms with van der Waals surface area (Å²) in [4.78, 5) is 5.38. The fraction of sp³-hybridized carbons (Fsp3) is 0.159. The zero-order chi connectivity index (χ0) is 44.7. The fourth-order valence-electron chi connectivity index (χ4n) is 10.5. The number of rotatable bonds is 4. The Kier molecular flexibility index (Phi) is 10.9. The van der Waals surface area contributed by atoms with E-state index < -0.39 is 0 Å². The summed E-state index contributed by atoms with van der Waals surface area (Å²) in [6.07, 6.45) is 3.31. The van der Waals surface area contributed by atoms with E-state index in [4.69, 9.17) is 4.99 Å². The lowest BCUT2D eigenvalue weighted by atomic mass is 9.65. The minimum Gasteiger partial charge on any atom is -0.313 e. The molecule has 0 saturated heterocycles. The number of fused-ring (bicyclic) bond motifs is 7. The van der Waals surface area contributed by atoms with Gasteiger partial charge in [-0.15, -0.1) is 0 Å². The van der Waals surface area contributed by atoms with Crippen molar-refractivity contribution in [2.75, 3.05) is 0 Å². The van der Waals surface area contributed by atoms with Crippen LogP contribution in [0.25, 0.3) is 44.9 Å². The average Bonchev–Trinajstić information content (AvgIpc) is 3.92. The molecule has 65 heavy (non-hydrogen) atoms. The number of benzene rings is 8. The molecular weight excluding hydrogens is 785 g/mol. The Bertz CT molecular complexity index is 3200. The molecule has 1 aromatic heterocycles. The van der Waals surface area contributed by atoms with Gasteiger partial charge in [-0.2, -0.15) is 0 Å². The first kappa shape index (κ1) is 41.7. The first-order valence-corrected chi connectivity index (χ1v) is 23.1. The molecule has 0 amide bonds. The van der Waals surface area contributed by atoms with E-state index in [0.717, 1.165) is 6.42 Å². The van der Waals surface area contributed by atoms with E-state index in [-0.39, 0.29) is 16.7 Å². The lowest BCUT2D eigenvalue weighted by Crippen LogP contribution is -2.39. The Hall–Kier alpha value is -7.29. The highest BCUT2D eigenvalue weighted by atomic mass is 15.0. The molecule has 1 aliphatic heterocycles. The molecule has 2 nitrogen and oxygen atoms in total. The normalized spacial score (nSPS) is 17.2. The van der Waals surface area contributed by atoms with E-state index >= 15 is 0 Å². The SMILES string of the molecule is Cc1ccc(-c2ccccc2)cc1.Cc1ccc(-n2c3c(c4ccccc42)C=C2N=C(c4ccccc4)C(C)(c4ccccc4)C2C3)cc1.Cc1ccc2c(c1)C(C)(C)c1ccccc1-2. The van der Waals surface area contributed by atoms with Crippen molar-refractivity contribution in [3.05, 3.63) is 262 Å². The van der Waals surface area contributed by atoms with Gasteiger partial charge < -0.3 is 4.57 Å². The zero-order valence-corrected chi connectivity index (χ0v) is 38.4. The molecule has 0 saturated carbocycles. The van der Waals surface area contributed by atoms with Crippen molar-refractivity contribution in [1.29, 1.82) is 0 Å². The summed E-state index contributed by atoms with van der Waals surface area (Å²) in [6.45, 7) is 13.4. The number of hydrogen-bond acceptors (Lipinski definition) is 1. The van der Waals surface area contributed by atoms with Gasteiger partial charge in [0.1, 0.15) is 0 Å². The van der Waals surface area contributed by atoms with Gasteiger partial charge >= 0.3 is 0 Å². The monoisotopic (exact) mass is 840 g/mol. The minimum absolute atomic E-state index is 0.151. The molecule has 0 N–H and O–H groups in total. The number of hydrogen-bond donors (Lipinski definition) is 0. The quantitative estimate of drug-likeness (QED) is 0.168. The Labute approximate surface area is 385 Å². The van der Waals surface area contributed by atoms with Crippen LogP contribution in [0.15, 0.2) is 217 Å². The van der Waals surface area contributed by atoms with Crippen molar-refractivity contribution in [3.63, 3.8) is 0 Å². The van der Waals surface area contributed by atoms with E-state index in [1.807, 2.05) is 6.07 Å². The molecule has 0 radical (unpaired) electrons. The van der Waals surface area contributed by atoms with Gasteiger partial charge in [0, 0.05) is 44.8 Å². The fourth-order valence-corrected chi connectivity index (χ4v) is 10.5. The van der Waals surface area contributed by atoms with Crippen LogP contribution in [-0.2, 0) is 17.3 Å². The molecule has 0 bridgehead atoms. The molecular formula is C63H56N2. The third-order valence-corrected chi connectivity index (χ3v) is 14.1. The van der Waals surface area contributed by atoms with Gasteiger partial charge in [-0.25, -0.2) is 0 Å². The maximum Gasteiger partial charge on any atom is 0.0588 e. The third-order valence-electron chi connectivity index (χ3n) is 14.1. The zero-order valence-electron chi connectivity index (χ0n) is 38.4. The van der Waals surface area contributed by atoms with Crippen LogP contribution >= 0.6 is 0 Å². The number of para-hydroxylation sites is 1. The smallest absolute Gasteiger partial charge is 0.0588 e. The van der Waals surface area contributed by atoms with Crippen molar-refractivity contribution in [2.45, 2.75) is 58.8 Å². The molecule has 318 valence electrons. The van der Waals surface area contributed by atoms with Crippen LogP contribution in [0.1, 0.15) is 71.0 Å². The van der Waals surface area contributed by atoms with Gasteiger partial charge in [0.25, 0.3) is 0 Å². The topological polar surface area (TPSA) is 17.3 Å². The van der Waals surface area contributed by atoms with Crippen LogP contribution in [0.5, 0.6) is 0 Å². The highest BCUT2D eigenvalue weighted by Gasteiger charge is 2.49. The number of aromatic nitrogens is 1. The lowest BCUT2D eigenvalue weighted by Gasteiger charge is -2.36. The molecule has 2 heterocycles. The summed E-state index contributed by atoms with van der Waals surface area (Å²) in [6, 6.07) is 74.0. The Morgan fingerprint density at radius 2 is 1.03 bits per heavy atom. The average molecular weight is 841 g/mol. The Balaban J connectivity index is 0.000000140. The molecule has 2 heteroatoms. The lowest BCUT2D eigenvalue weighted by molar-refractivity contribution is 0.448. The molecule has 2 aliphatic carbocycles. The summed E-state index contributed by atoms with van der Waals surface area (Å²) in [5.74, 6) is 0.260. The highest BCUT2D eigenvalue weighted by molar-refractivity contribution is 6.11. The third kappa shape index (κ3) is 7.57. The minimum atomic E-state index is -0.222. The predicted octanol–water partition coefficient (Wildman–Crippen LogP) is 15.9. The molecule has 2 atom stereocenters. The van der Waals surface area contributed by atoms with Gasteiger partial charge in [0.15, 0.2) is 0 Å². The Morgan fingerprint density at radius 3 is 1.72 bits per heavy atom. The second-order valence-electron chi connectivity index (χ2n) is 18.7. The van der Waals surface area contributed by atoms with Crippen LogP contribution in [-0.4, -0.2) is 10.3 Å². The van der Waals surface area contributed by atoms with Gasteiger partial charge in [0.2, 0.25) is 0 Å². The number of aryl methyl sites for hydroxylation is 3. The molecule has 0 spiro atoms. The van der Waals surface area contributed by atoms with Crippen LogP contribution in [0.3, 0.4) is 0 Å². The standard InChI is InChI=1S/C34H28N2.C16H16.C13H12/c1-23-17-19-26(20-18-23)36-31-16-10-9-15-27(31)28-21-30-29(22-32(28)36)34(2,25-13-7-4-8-14-25)33(35-30)24-11-5-3-6-12-24;1-11-8-9-13-12-6-4-5-7-14(12)16(2,3)15(13)10-11;1-11-7-9-13(10-8-11)12-5-3-2-4-6-12/h3-21,29H,22H2,1-2H3;4-10H,1-3H3;2-10H,1H3. The van der Waals surface area contributed by atoms with Crippen LogP contribution < -0.4 is 0 Å². The predicted molar refractivity (Wildman–Crippen MR) is 275 cm³/mol. The van der Waals surface area contributed by atoms with Crippen molar-refractivity contribution in [3.8, 4) is 27.9 Å².